The van der Waals surface area contributed by atoms with Gasteiger partial charge in [-0.2, -0.15) is 5.26 Å². The van der Waals surface area contributed by atoms with Gasteiger partial charge in [-0.1, -0.05) is 6.07 Å². The number of hydrogen-bond acceptors (Lipinski definition) is 7. The van der Waals surface area contributed by atoms with E-state index in [1.807, 2.05) is 0 Å². The number of amides is 2. The summed E-state index contributed by atoms with van der Waals surface area (Å²) in [5.74, 6) is -0.304. The normalized spacial score (nSPS) is 15.7. The van der Waals surface area contributed by atoms with Crippen LogP contribution in [0.25, 0.3) is 22.2 Å². The third kappa shape index (κ3) is 3.92. The summed E-state index contributed by atoms with van der Waals surface area (Å²) in [6, 6.07) is 9.64. The average Bonchev–Trinajstić information content (AvgIpc) is 3.26. The van der Waals surface area contributed by atoms with Crippen molar-refractivity contribution in [2.75, 3.05) is 18.2 Å². The molecule has 2 aromatic heterocycles. The van der Waals surface area contributed by atoms with Crippen LogP contribution in [0.3, 0.4) is 0 Å². The molecule has 0 bridgehead atoms. The van der Waals surface area contributed by atoms with Crippen LogP contribution in [0.1, 0.15) is 10.5 Å². The molecule has 0 unspecified atom stereocenters. The van der Waals surface area contributed by atoms with Crippen molar-refractivity contribution in [3.8, 4) is 17.3 Å². The molecule has 1 aromatic carbocycles. The van der Waals surface area contributed by atoms with Crippen molar-refractivity contribution in [3.05, 3.63) is 54.4 Å². The first-order valence-corrected chi connectivity index (χ1v) is 10.1. The molecule has 1 aliphatic rings. The number of nitrogens with one attached hydrogen (secondary N) is 1. The summed E-state index contributed by atoms with van der Waals surface area (Å²) in [4.78, 5) is 38.8. The second-order valence-electron chi connectivity index (χ2n) is 6.51. The van der Waals surface area contributed by atoms with E-state index >= 15 is 0 Å². The molecular formula is C20H15FN6O2S. The van der Waals surface area contributed by atoms with Gasteiger partial charge in [0.05, 0.1) is 35.9 Å². The Bertz CT molecular complexity index is 1160. The molecule has 2 amide bonds. The summed E-state index contributed by atoms with van der Waals surface area (Å²) in [7, 11) is 0. The largest absolute Gasteiger partial charge is 0.342 e. The highest BCUT2D eigenvalue weighted by Crippen LogP contribution is 2.24. The minimum atomic E-state index is -0.527. The molecule has 30 heavy (non-hydrogen) atoms. The zero-order valence-corrected chi connectivity index (χ0v) is 16.4. The number of carbonyl (C=O) groups excluding carboxylic acids is 2. The molecule has 4 rings (SSSR count). The van der Waals surface area contributed by atoms with E-state index in [1.54, 1.807) is 24.3 Å². The molecule has 0 saturated carbocycles. The lowest BCUT2D eigenvalue weighted by Gasteiger charge is -2.18. The molecule has 8 nitrogen and oxygen atoms in total. The standard InChI is InChI=1S/C20H15FN6O2S/c21-13-2-4-16(23-7-13)12-1-3-17-15(5-12)19(26-10-25-17)20(29)24-8-18(28)27-11-30-9-14(27)6-22/h1-5,7,10,14H,8-9,11H2,(H,24,29)/t14-/m1/s1. The summed E-state index contributed by atoms with van der Waals surface area (Å²) >= 11 is 1.50. The van der Waals surface area contributed by atoms with Gasteiger partial charge in [-0.25, -0.2) is 14.4 Å². The van der Waals surface area contributed by atoms with Crippen molar-refractivity contribution < 1.29 is 14.0 Å². The van der Waals surface area contributed by atoms with E-state index in [1.165, 1.54) is 29.1 Å². The van der Waals surface area contributed by atoms with Crippen molar-refractivity contribution in [2.45, 2.75) is 6.04 Å². The fourth-order valence-electron chi connectivity index (χ4n) is 3.08. The predicted molar refractivity (Wildman–Crippen MR) is 109 cm³/mol. The van der Waals surface area contributed by atoms with Crippen molar-refractivity contribution >= 4 is 34.5 Å². The second kappa shape index (κ2) is 8.42. The average molecular weight is 422 g/mol. The lowest BCUT2D eigenvalue weighted by molar-refractivity contribution is -0.129. The molecule has 0 radical (unpaired) electrons. The Hall–Kier alpha value is -3.58. The van der Waals surface area contributed by atoms with E-state index in [-0.39, 0.29) is 18.1 Å². The molecule has 0 spiro atoms. The highest BCUT2D eigenvalue weighted by molar-refractivity contribution is 7.99. The fraction of sp³-hybridized carbons (Fsp3) is 0.200. The van der Waals surface area contributed by atoms with Gasteiger partial charge in [-0.3, -0.25) is 14.6 Å². The van der Waals surface area contributed by atoms with Crippen LogP contribution in [0, 0.1) is 17.1 Å². The van der Waals surface area contributed by atoms with Crippen LogP contribution in [-0.2, 0) is 4.79 Å². The predicted octanol–water partition coefficient (Wildman–Crippen LogP) is 1.99. The SMILES string of the molecule is N#C[C@@H]1CSCN1C(=O)CNC(=O)c1ncnc2ccc(-c3ccc(F)cn3)cc12. The van der Waals surface area contributed by atoms with E-state index in [0.717, 1.165) is 6.20 Å². The van der Waals surface area contributed by atoms with E-state index in [2.05, 4.69) is 26.3 Å². The summed E-state index contributed by atoms with van der Waals surface area (Å²) in [5.41, 5.74) is 1.88. The third-order valence-electron chi connectivity index (χ3n) is 4.63. The summed E-state index contributed by atoms with van der Waals surface area (Å²) in [6.45, 7) is -0.234. The Morgan fingerprint density at radius 3 is 2.90 bits per heavy atom. The van der Waals surface area contributed by atoms with Gasteiger partial charge in [0.15, 0.2) is 0 Å². The quantitative estimate of drug-likeness (QED) is 0.684. The van der Waals surface area contributed by atoms with Gasteiger partial charge in [0.1, 0.15) is 23.9 Å². The summed E-state index contributed by atoms with van der Waals surface area (Å²) in [6.07, 6.45) is 2.39. The van der Waals surface area contributed by atoms with Gasteiger partial charge in [-0.05, 0) is 24.3 Å². The maximum atomic E-state index is 13.1. The smallest absolute Gasteiger partial charge is 0.271 e. The molecule has 1 fully saturated rings. The molecule has 150 valence electrons. The molecular weight excluding hydrogens is 407 g/mol. The number of benzene rings is 1. The van der Waals surface area contributed by atoms with Crippen LogP contribution < -0.4 is 5.32 Å². The molecule has 1 aliphatic heterocycles. The van der Waals surface area contributed by atoms with E-state index in [9.17, 15) is 14.0 Å². The molecule has 3 heterocycles. The number of fused-ring (bicyclic) bond motifs is 1. The fourth-order valence-corrected chi connectivity index (χ4v) is 4.18. The third-order valence-corrected chi connectivity index (χ3v) is 5.64. The van der Waals surface area contributed by atoms with Gasteiger partial charge >= 0.3 is 0 Å². The number of nitriles is 1. The van der Waals surface area contributed by atoms with Crippen molar-refractivity contribution in [3.63, 3.8) is 0 Å². The van der Waals surface area contributed by atoms with Gasteiger partial charge in [0.2, 0.25) is 5.91 Å². The Morgan fingerprint density at radius 2 is 2.13 bits per heavy atom. The molecule has 1 saturated heterocycles. The first-order valence-electron chi connectivity index (χ1n) is 8.98. The van der Waals surface area contributed by atoms with Crippen LogP contribution in [-0.4, -0.2) is 55.9 Å². The number of halogens is 1. The Balaban J connectivity index is 1.56. The first-order chi connectivity index (χ1) is 14.6. The number of aromatic nitrogens is 3. The maximum absolute atomic E-state index is 13.1. The number of pyridine rings is 1. The Morgan fingerprint density at radius 1 is 1.27 bits per heavy atom. The lowest BCUT2D eigenvalue weighted by Crippen LogP contribution is -2.42. The van der Waals surface area contributed by atoms with Crippen molar-refractivity contribution in [1.29, 1.82) is 5.26 Å². The number of carbonyl (C=O) groups is 2. The Labute approximate surface area is 175 Å². The molecule has 0 aliphatic carbocycles. The highest BCUT2D eigenvalue weighted by atomic mass is 32.2. The highest BCUT2D eigenvalue weighted by Gasteiger charge is 2.29. The minimum Gasteiger partial charge on any atom is -0.342 e. The maximum Gasteiger partial charge on any atom is 0.271 e. The van der Waals surface area contributed by atoms with Gasteiger partial charge in [0.25, 0.3) is 5.91 Å². The number of rotatable bonds is 4. The minimum absolute atomic E-state index is 0.115. The molecule has 1 N–H and O–H groups in total. The zero-order chi connectivity index (χ0) is 21.1. The molecule has 1 atom stereocenters. The van der Waals surface area contributed by atoms with Crippen LogP contribution in [0.15, 0.2) is 42.9 Å². The van der Waals surface area contributed by atoms with Crippen LogP contribution in [0.2, 0.25) is 0 Å². The van der Waals surface area contributed by atoms with E-state index in [4.69, 9.17) is 5.26 Å². The number of thioether (sulfide) groups is 1. The second-order valence-corrected chi connectivity index (χ2v) is 7.51. The van der Waals surface area contributed by atoms with Crippen molar-refractivity contribution in [1.82, 2.24) is 25.2 Å². The number of hydrogen-bond donors (Lipinski definition) is 1. The topological polar surface area (TPSA) is 112 Å². The monoisotopic (exact) mass is 422 g/mol. The van der Waals surface area contributed by atoms with Crippen LogP contribution in [0.5, 0.6) is 0 Å². The van der Waals surface area contributed by atoms with Gasteiger partial charge in [0, 0.05) is 16.7 Å². The van der Waals surface area contributed by atoms with E-state index < -0.39 is 17.8 Å². The lowest BCUT2D eigenvalue weighted by atomic mass is 10.1. The Kier molecular flexibility index (Phi) is 5.54. The van der Waals surface area contributed by atoms with Crippen LogP contribution in [0.4, 0.5) is 4.39 Å². The van der Waals surface area contributed by atoms with Crippen molar-refractivity contribution in [2.24, 2.45) is 0 Å². The first kappa shape index (κ1) is 19.7. The summed E-state index contributed by atoms with van der Waals surface area (Å²) in [5, 5.41) is 12.2. The zero-order valence-electron chi connectivity index (χ0n) is 15.6. The van der Waals surface area contributed by atoms with Crippen LogP contribution >= 0.6 is 11.8 Å². The van der Waals surface area contributed by atoms with Gasteiger partial charge in [-0.15, -0.1) is 11.8 Å². The van der Waals surface area contributed by atoms with Gasteiger partial charge < -0.3 is 10.2 Å². The van der Waals surface area contributed by atoms with E-state index in [0.29, 0.717) is 33.8 Å². The molecule has 3 aromatic rings. The summed E-state index contributed by atoms with van der Waals surface area (Å²) < 4.78 is 13.1. The number of nitrogens with zero attached hydrogens (tertiary/aromatic N) is 5. The molecule has 10 heteroatoms.